The molecule has 0 aliphatic carbocycles. The zero-order valence-electron chi connectivity index (χ0n) is 47.3. The van der Waals surface area contributed by atoms with E-state index in [0.29, 0.717) is 19.3 Å². The van der Waals surface area contributed by atoms with Gasteiger partial charge in [0.25, 0.3) is 0 Å². The maximum Gasteiger partial charge on any atom is 0.306 e. The summed E-state index contributed by atoms with van der Waals surface area (Å²) in [7, 11) is 0. The van der Waals surface area contributed by atoms with E-state index in [9.17, 15) is 14.4 Å². The van der Waals surface area contributed by atoms with Crippen molar-refractivity contribution >= 4 is 17.9 Å². The summed E-state index contributed by atoms with van der Waals surface area (Å²) in [5.41, 5.74) is 0. The van der Waals surface area contributed by atoms with Gasteiger partial charge in [0.2, 0.25) is 0 Å². The normalized spacial score (nSPS) is 12.0. The van der Waals surface area contributed by atoms with Gasteiger partial charge >= 0.3 is 17.9 Å². The minimum Gasteiger partial charge on any atom is -0.462 e. The smallest absolute Gasteiger partial charge is 0.306 e. The van der Waals surface area contributed by atoms with E-state index in [1.807, 2.05) is 0 Å². The fourth-order valence-electron chi connectivity index (χ4n) is 9.81. The summed E-state index contributed by atoms with van der Waals surface area (Å²) < 4.78 is 16.9. The highest BCUT2D eigenvalue weighted by atomic mass is 16.6. The van der Waals surface area contributed by atoms with E-state index in [0.717, 1.165) is 63.7 Å². The van der Waals surface area contributed by atoms with Crippen molar-refractivity contribution in [2.45, 2.75) is 368 Å². The van der Waals surface area contributed by atoms with Gasteiger partial charge in [-0.25, -0.2) is 0 Å². The van der Waals surface area contributed by atoms with Crippen LogP contribution in [0.3, 0.4) is 0 Å². The Morgan fingerprint density at radius 1 is 0.275 bits per heavy atom. The van der Waals surface area contributed by atoms with Crippen LogP contribution in [0, 0.1) is 5.92 Å². The van der Waals surface area contributed by atoms with Crippen LogP contribution < -0.4 is 0 Å². The van der Waals surface area contributed by atoms with E-state index >= 15 is 0 Å². The molecule has 0 saturated carbocycles. The third kappa shape index (κ3) is 57.2. The Labute approximate surface area is 431 Å². The molecule has 0 radical (unpaired) electrons. The van der Waals surface area contributed by atoms with E-state index in [2.05, 4.69) is 27.7 Å². The third-order valence-electron chi connectivity index (χ3n) is 14.5. The molecule has 0 N–H and O–H groups in total. The highest BCUT2D eigenvalue weighted by Crippen LogP contribution is 2.19. The van der Waals surface area contributed by atoms with Crippen LogP contribution in [-0.2, 0) is 28.6 Å². The number of hydrogen-bond donors (Lipinski definition) is 0. The molecule has 1 atom stereocenters. The fraction of sp³-hybridized carbons (Fsp3) is 0.952. The first-order valence-electron chi connectivity index (χ1n) is 31.4. The molecule has 0 aliphatic heterocycles. The number of rotatable bonds is 58. The SMILES string of the molecule is CCCCCCCCCCCCCCCCCCCCCC(=O)OC[C@H](COC(=O)CCCCCCCCCCCCCCCCCC(C)C)OC(=O)CCCCCCCCCCCCCCCC. The van der Waals surface area contributed by atoms with Gasteiger partial charge in [-0.05, 0) is 25.2 Å². The van der Waals surface area contributed by atoms with Gasteiger partial charge in [-0.15, -0.1) is 0 Å². The van der Waals surface area contributed by atoms with E-state index < -0.39 is 6.10 Å². The Morgan fingerprint density at radius 2 is 0.478 bits per heavy atom. The predicted octanol–water partition coefficient (Wildman–Crippen LogP) is 21.0. The molecule has 0 aromatic rings. The molecule has 0 fully saturated rings. The van der Waals surface area contributed by atoms with Crippen LogP contribution in [0.5, 0.6) is 0 Å². The Bertz CT molecular complexity index is 1040. The number of esters is 3. The zero-order chi connectivity index (χ0) is 50.2. The molecule has 0 bridgehead atoms. The van der Waals surface area contributed by atoms with Crippen LogP contribution >= 0.6 is 0 Å². The molecular weight excluding hydrogens is 853 g/mol. The summed E-state index contributed by atoms with van der Waals surface area (Å²) in [6.45, 7) is 9.09. The summed E-state index contributed by atoms with van der Waals surface area (Å²) in [5, 5.41) is 0. The molecule has 0 aromatic carbocycles. The van der Waals surface area contributed by atoms with Crippen molar-refractivity contribution in [3.63, 3.8) is 0 Å². The first-order valence-corrected chi connectivity index (χ1v) is 31.4. The van der Waals surface area contributed by atoms with Crippen molar-refractivity contribution < 1.29 is 28.6 Å². The quantitative estimate of drug-likeness (QED) is 0.0343. The van der Waals surface area contributed by atoms with Gasteiger partial charge in [0.15, 0.2) is 6.10 Å². The Hall–Kier alpha value is -1.59. The number of hydrogen-bond acceptors (Lipinski definition) is 6. The summed E-state index contributed by atoms with van der Waals surface area (Å²) in [4.78, 5) is 38.3. The average Bonchev–Trinajstić information content (AvgIpc) is 3.34. The Morgan fingerprint density at radius 3 is 0.710 bits per heavy atom. The number of carbonyl (C=O) groups is 3. The van der Waals surface area contributed by atoms with Crippen molar-refractivity contribution in [3.8, 4) is 0 Å². The van der Waals surface area contributed by atoms with Crippen LogP contribution in [0.25, 0.3) is 0 Å². The lowest BCUT2D eigenvalue weighted by Crippen LogP contribution is -2.30. The average molecular weight is 976 g/mol. The number of carbonyl (C=O) groups excluding carboxylic acids is 3. The molecule has 69 heavy (non-hydrogen) atoms. The zero-order valence-corrected chi connectivity index (χ0v) is 47.3. The minimum absolute atomic E-state index is 0.0612. The second-order valence-corrected chi connectivity index (χ2v) is 22.2. The number of ether oxygens (including phenoxy) is 3. The molecule has 0 spiro atoms. The fourth-order valence-corrected chi connectivity index (χ4v) is 9.81. The van der Waals surface area contributed by atoms with Crippen molar-refractivity contribution in [1.82, 2.24) is 0 Å². The summed E-state index contributed by atoms with van der Waals surface area (Å²) >= 11 is 0. The van der Waals surface area contributed by atoms with Crippen LogP contribution in [0.1, 0.15) is 362 Å². The molecule has 0 aromatic heterocycles. The van der Waals surface area contributed by atoms with E-state index in [1.165, 1.54) is 257 Å². The van der Waals surface area contributed by atoms with E-state index in [1.54, 1.807) is 0 Å². The first kappa shape index (κ1) is 67.4. The lowest BCUT2D eigenvalue weighted by atomic mass is 10.0. The lowest BCUT2D eigenvalue weighted by Gasteiger charge is -2.18. The monoisotopic (exact) mass is 975 g/mol. The van der Waals surface area contributed by atoms with Gasteiger partial charge in [-0.1, -0.05) is 323 Å². The van der Waals surface area contributed by atoms with Crippen LogP contribution in [0.15, 0.2) is 0 Å². The van der Waals surface area contributed by atoms with Gasteiger partial charge in [-0.2, -0.15) is 0 Å². The molecule has 0 aliphatic rings. The number of unbranched alkanes of at least 4 members (excludes halogenated alkanes) is 45. The lowest BCUT2D eigenvalue weighted by molar-refractivity contribution is -0.167. The first-order chi connectivity index (χ1) is 33.9. The second-order valence-electron chi connectivity index (χ2n) is 22.2. The van der Waals surface area contributed by atoms with E-state index in [4.69, 9.17) is 14.2 Å². The van der Waals surface area contributed by atoms with Gasteiger partial charge < -0.3 is 14.2 Å². The third-order valence-corrected chi connectivity index (χ3v) is 14.5. The molecule has 0 amide bonds. The minimum atomic E-state index is -0.762. The van der Waals surface area contributed by atoms with Crippen LogP contribution in [-0.4, -0.2) is 37.2 Å². The van der Waals surface area contributed by atoms with Gasteiger partial charge in [0.1, 0.15) is 13.2 Å². The van der Waals surface area contributed by atoms with Crippen molar-refractivity contribution in [2.75, 3.05) is 13.2 Å². The van der Waals surface area contributed by atoms with Crippen molar-refractivity contribution in [1.29, 1.82) is 0 Å². The second kappa shape index (κ2) is 57.3. The van der Waals surface area contributed by atoms with E-state index in [-0.39, 0.29) is 31.1 Å². The Kier molecular flexibility index (Phi) is 56.0. The predicted molar refractivity (Wildman–Crippen MR) is 298 cm³/mol. The molecule has 410 valence electrons. The molecule has 0 saturated heterocycles. The van der Waals surface area contributed by atoms with Crippen molar-refractivity contribution in [3.05, 3.63) is 0 Å². The molecule has 6 nitrogen and oxygen atoms in total. The molecule has 0 rings (SSSR count). The molecule has 0 unspecified atom stereocenters. The maximum atomic E-state index is 12.9. The highest BCUT2D eigenvalue weighted by molar-refractivity contribution is 5.71. The van der Waals surface area contributed by atoms with Gasteiger partial charge in [-0.3, -0.25) is 14.4 Å². The maximum absolute atomic E-state index is 12.9. The standard InChI is InChI=1S/C63H122O6/c1-5-7-9-11-13-15-17-19-21-22-23-24-27-31-34-38-42-46-50-54-61(64)67-57-60(69-63(66)56-52-48-44-40-36-30-20-18-16-14-12-10-8-6-2)58-68-62(65)55-51-47-43-39-35-32-28-25-26-29-33-37-41-45-49-53-59(3)4/h59-60H,5-58H2,1-4H3/t60-/m1/s1. The molecule has 6 heteroatoms. The molecule has 0 heterocycles. The molecular formula is C63H122O6. The highest BCUT2D eigenvalue weighted by Gasteiger charge is 2.19. The largest absolute Gasteiger partial charge is 0.462 e. The summed E-state index contributed by atoms with van der Waals surface area (Å²) in [6.07, 6.45) is 63.9. The van der Waals surface area contributed by atoms with Crippen LogP contribution in [0.4, 0.5) is 0 Å². The van der Waals surface area contributed by atoms with Gasteiger partial charge in [0.05, 0.1) is 0 Å². The Balaban J connectivity index is 4.26. The summed E-state index contributed by atoms with van der Waals surface area (Å²) in [6, 6.07) is 0. The van der Waals surface area contributed by atoms with Crippen molar-refractivity contribution in [2.24, 2.45) is 5.92 Å². The van der Waals surface area contributed by atoms with Gasteiger partial charge in [0, 0.05) is 19.3 Å². The topological polar surface area (TPSA) is 78.9 Å². The summed E-state index contributed by atoms with van der Waals surface area (Å²) in [5.74, 6) is 0.0202. The van der Waals surface area contributed by atoms with Crippen LogP contribution in [0.2, 0.25) is 0 Å².